The van der Waals surface area contributed by atoms with Gasteiger partial charge in [-0.3, -0.25) is 9.78 Å². The van der Waals surface area contributed by atoms with E-state index in [1.54, 1.807) is 6.20 Å². The predicted octanol–water partition coefficient (Wildman–Crippen LogP) is 2.81. The van der Waals surface area contributed by atoms with E-state index in [0.717, 1.165) is 36.9 Å². The summed E-state index contributed by atoms with van der Waals surface area (Å²) in [5.74, 6) is 1.90. The van der Waals surface area contributed by atoms with Crippen LogP contribution < -0.4 is 0 Å². The Morgan fingerprint density at radius 1 is 1.18 bits per heavy atom. The van der Waals surface area contributed by atoms with Crippen LogP contribution in [0, 0.1) is 17.8 Å². The zero-order valence-corrected chi connectivity index (χ0v) is 13.0. The molecule has 3 aliphatic rings. The zero-order chi connectivity index (χ0) is 14.9. The number of carbonyl (C=O) groups is 1. The molecule has 3 heterocycles. The van der Waals surface area contributed by atoms with Crippen LogP contribution in [-0.4, -0.2) is 35.5 Å². The van der Waals surface area contributed by atoms with Gasteiger partial charge in [-0.15, -0.1) is 0 Å². The van der Waals surface area contributed by atoms with Crippen LogP contribution in [0.4, 0.5) is 0 Å². The third-order valence-corrected chi connectivity index (χ3v) is 5.71. The van der Waals surface area contributed by atoms with E-state index >= 15 is 0 Å². The molecule has 2 aliphatic heterocycles. The quantitative estimate of drug-likeness (QED) is 0.862. The highest BCUT2D eigenvalue weighted by atomic mass is 16.5. The normalized spacial score (nSPS) is 29.7. The van der Waals surface area contributed by atoms with Crippen molar-refractivity contribution in [3.05, 3.63) is 30.1 Å². The van der Waals surface area contributed by atoms with E-state index in [4.69, 9.17) is 4.74 Å². The van der Waals surface area contributed by atoms with Gasteiger partial charge < -0.3 is 9.64 Å². The van der Waals surface area contributed by atoms with Crippen LogP contribution >= 0.6 is 0 Å². The molecule has 0 unspecified atom stereocenters. The molecule has 2 atom stereocenters. The largest absolute Gasteiger partial charge is 0.373 e. The Kier molecular flexibility index (Phi) is 3.87. The minimum absolute atomic E-state index is 0.0197. The van der Waals surface area contributed by atoms with E-state index in [9.17, 15) is 4.79 Å². The molecule has 4 heteroatoms. The maximum atomic E-state index is 12.8. The van der Waals surface area contributed by atoms with Crippen LogP contribution in [0.5, 0.6) is 0 Å². The van der Waals surface area contributed by atoms with Gasteiger partial charge in [-0.2, -0.15) is 0 Å². The molecule has 1 aromatic rings. The lowest BCUT2D eigenvalue weighted by Crippen LogP contribution is -2.54. The van der Waals surface area contributed by atoms with E-state index < -0.39 is 0 Å². The Labute approximate surface area is 131 Å². The van der Waals surface area contributed by atoms with Crippen LogP contribution in [0.25, 0.3) is 0 Å². The second-order valence-corrected chi connectivity index (χ2v) is 7.02. The Bertz CT molecular complexity index is 521. The molecule has 0 bridgehead atoms. The average molecular weight is 300 g/mol. The first-order valence-electron chi connectivity index (χ1n) is 8.63. The number of pyridine rings is 1. The van der Waals surface area contributed by atoms with Gasteiger partial charge in [-0.25, -0.2) is 0 Å². The number of ether oxygens (including phenoxy) is 1. The van der Waals surface area contributed by atoms with E-state index in [-0.39, 0.29) is 12.0 Å². The zero-order valence-electron chi connectivity index (χ0n) is 13.0. The number of hydrogen-bond acceptors (Lipinski definition) is 3. The molecule has 22 heavy (non-hydrogen) atoms. The monoisotopic (exact) mass is 300 g/mol. The van der Waals surface area contributed by atoms with Gasteiger partial charge in [-0.05, 0) is 29.9 Å². The lowest BCUT2D eigenvalue weighted by Gasteiger charge is -2.44. The summed E-state index contributed by atoms with van der Waals surface area (Å²) in [5, 5.41) is 0. The summed E-state index contributed by atoms with van der Waals surface area (Å²) in [6, 6.07) is 3.93. The standard InChI is InChI=1S/C18H24N2O2/c21-18(20-11-15(12-20)13-4-1-2-5-13)16-7-9-22-17(16)14-6-3-8-19-10-14/h3,6,8,10,13,15-17H,1-2,4-5,7,9,11-12H2/t16-,17+/m0/s1. The summed E-state index contributed by atoms with van der Waals surface area (Å²) < 4.78 is 5.83. The van der Waals surface area contributed by atoms with Gasteiger partial charge in [0.25, 0.3) is 0 Å². The van der Waals surface area contributed by atoms with Gasteiger partial charge in [0.1, 0.15) is 0 Å². The fraction of sp³-hybridized carbons (Fsp3) is 0.667. The molecule has 1 amide bonds. The van der Waals surface area contributed by atoms with Crippen molar-refractivity contribution in [2.75, 3.05) is 19.7 Å². The molecule has 0 N–H and O–H groups in total. The van der Waals surface area contributed by atoms with Crippen LogP contribution in [-0.2, 0) is 9.53 Å². The van der Waals surface area contributed by atoms with Crippen molar-refractivity contribution in [1.29, 1.82) is 0 Å². The van der Waals surface area contributed by atoms with Crippen molar-refractivity contribution in [2.24, 2.45) is 17.8 Å². The molecule has 118 valence electrons. The summed E-state index contributed by atoms with van der Waals surface area (Å²) >= 11 is 0. The molecular formula is C18H24N2O2. The van der Waals surface area contributed by atoms with Crippen molar-refractivity contribution in [2.45, 2.75) is 38.2 Å². The van der Waals surface area contributed by atoms with Gasteiger partial charge in [-0.1, -0.05) is 31.7 Å². The number of hydrogen-bond donors (Lipinski definition) is 0. The molecule has 4 nitrogen and oxygen atoms in total. The summed E-state index contributed by atoms with van der Waals surface area (Å²) in [7, 11) is 0. The number of nitrogens with zero attached hydrogens (tertiary/aromatic N) is 2. The minimum Gasteiger partial charge on any atom is -0.373 e. The van der Waals surface area contributed by atoms with Gasteiger partial charge in [0, 0.05) is 32.1 Å². The lowest BCUT2D eigenvalue weighted by molar-refractivity contribution is -0.145. The van der Waals surface area contributed by atoms with Gasteiger partial charge in [0.05, 0.1) is 12.0 Å². The van der Waals surface area contributed by atoms with Crippen molar-refractivity contribution < 1.29 is 9.53 Å². The van der Waals surface area contributed by atoms with Gasteiger partial charge >= 0.3 is 0 Å². The highest BCUT2D eigenvalue weighted by Crippen LogP contribution is 2.40. The first-order chi connectivity index (χ1) is 10.8. The van der Waals surface area contributed by atoms with Gasteiger partial charge in [0.2, 0.25) is 5.91 Å². The molecule has 2 saturated heterocycles. The second-order valence-electron chi connectivity index (χ2n) is 7.02. The molecule has 0 radical (unpaired) electrons. The molecule has 1 aliphatic carbocycles. The lowest BCUT2D eigenvalue weighted by atomic mass is 9.83. The number of rotatable bonds is 3. The summed E-state index contributed by atoms with van der Waals surface area (Å²) in [5.41, 5.74) is 1.03. The number of aromatic nitrogens is 1. The Hall–Kier alpha value is -1.42. The van der Waals surface area contributed by atoms with Crippen molar-refractivity contribution in [1.82, 2.24) is 9.88 Å². The molecule has 0 spiro atoms. The molecule has 1 aromatic heterocycles. The third-order valence-electron chi connectivity index (χ3n) is 5.71. The maximum Gasteiger partial charge on any atom is 0.228 e. The molecule has 0 aromatic carbocycles. The molecule has 1 saturated carbocycles. The highest BCUT2D eigenvalue weighted by Gasteiger charge is 2.43. The van der Waals surface area contributed by atoms with E-state index in [1.807, 2.05) is 18.3 Å². The first-order valence-corrected chi connectivity index (χ1v) is 8.63. The van der Waals surface area contributed by atoms with Gasteiger partial charge in [0.15, 0.2) is 0 Å². The van der Waals surface area contributed by atoms with Crippen LogP contribution in [0.15, 0.2) is 24.5 Å². The van der Waals surface area contributed by atoms with Crippen molar-refractivity contribution in [3.63, 3.8) is 0 Å². The Morgan fingerprint density at radius 3 is 2.73 bits per heavy atom. The first kappa shape index (κ1) is 14.2. The fourth-order valence-electron chi connectivity index (χ4n) is 4.37. The third kappa shape index (κ3) is 2.54. The van der Waals surface area contributed by atoms with E-state index in [0.29, 0.717) is 12.5 Å². The SMILES string of the molecule is O=C([C@H]1CCO[C@@H]1c1cccnc1)N1CC(C2CCCC2)C1. The Balaban J connectivity index is 1.38. The van der Waals surface area contributed by atoms with Crippen LogP contribution in [0.3, 0.4) is 0 Å². The fourth-order valence-corrected chi connectivity index (χ4v) is 4.37. The van der Waals surface area contributed by atoms with E-state index in [1.165, 1.54) is 25.7 Å². The number of amides is 1. The molecule has 3 fully saturated rings. The number of likely N-dealkylation sites (tertiary alicyclic amines) is 1. The van der Waals surface area contributed by atoms with Crippen LogP contribution in [0.2, 0.25) is 0 Å². The average Bonchev–Trinajstić information content (AvgIpc) is 3.18. The smallest absolute Gasteiger partial charge is 0.228 e. The Morgan fingerprint density at radius 2 is 2.00 bits per heavy atom. The topological polar surface area (TPSA) is 42.4 Å². The number of carbonyl (C=O) groups excluding carboxylic acids is 1. The maximum absolute atomic E-state index is 12.8. The second kappa shape index (κ2) is 5.99. The summed E-state index contributed by atoms with van der Waals surface area (Å²) in [6.07, 6.45) is 9.83. The molecule has 4 rings (SSSR count). The van der Waals surface area contributed by atoms with Crippen molar-refractivity contribution >= 4 is 5.91 Å². The van der Waals surface area contributed by atoms with Crippen molar-refractivity contribution in [3.8, 4) is 0 Å². The molecular weight excluding hydrogens is 276 g/mol. The highest BCUT2D eigenvalue weighted by molar-refractivity contribution is 5.80. The predicted molar refractivity (Wildman–Crippen MR) is 83.1 cm³/mol. The van der Waals surface area contributed by atoms with E-state index in [2.05, 4.69) is 9.88 Å². The summed E-state index contributed by atoms with van der Waals surface area (Å²) in [6.45, 7) is 2.62. The minimum atomic E-state index is -0.105. The summed E-state index contributed by atoms with van der Waals surface area (Å²) in [4.78, 5) is 19.0. The van der Waals surface area contributed by atoms with Crippen LogP contribution in [0.1, 0.15) is 43.8 Å².